The highest BCUT2D eigenvalue weighted by Crippen LogP contribution is 2.28. The molecule has 0 unspecified atom stereocenters. The first-order valence-electron chi connectivity index (χ1n) is 5.31. The van der Waals surface area contributed by atoms with Gasteiger partial charge in [0, 0.05) is 10.6 Å². The fourth-order valence-corrected chi connectivity index (χ4v) is 3.29. The average molecular weight is 314 g/mol. The quantitative estimate of drug-likeness (QED) is 0.675. The zero-order chi connectivity index (χ0) is 13.1. The van der Waals surface area contributed by atoms with E-state index in [1.807, 2.05) is 12.1 Å². The van der Waals surface area contributed by atoms with E-state index < -0.39 is 0 Å². The van der Waals surface area contributed by atoms with Gasteiger partial charge in [-0.2, -0.15) is 5.10 Å². The molecule has 19 heavy (non-hydrogen) atoms. The van der Waals surface area contributed by atoms with Crippen molar-refractivity contribution in [2.75, 3.05) is 0 Å². The van der Waals surface area contributed by atoms with Crippen LogP contribution in [-0.2, 0) is 12.3 Å². The largest absolute Gasteiger partial charge is 0.414 e. The fourth-order valence-electron chi connectivity index (χ4n) is 1.38. The highest BCUT2D eigenvalue weighted by molar-refractivity contribution is 7.98. The Morgan fingerprint density at radius 3 is 3.05 bits per heavy atom. The number of hydrogen-bond donors (Lipinski definition) is 0. The van der Waals surface area contributed by atoms with Crippen molar-refractivity contribution in [1.82, 2.24) is 25.0 Å². The second-order valence-corrected chi connectivity index (χ2v) is 6.28. The summed E-state index contributed by atoms with van der Waals surface area (Å²) in [5.41, 5.74) is 0. The molecular weight excluding hydrogens is 306 g/mol. The summed E-state index contributed by atoms with van der Waals surface area (Å²) >= 11 is 8.90. The van der Waals surface area contributed by atoms with E-state index in [4.69, 9.17) is 16.0 Å². The number of thiophene rings is 1. The second kappa shape index (κ2) is 5.72. The molecule has 0 aliphatic heterocycles. The molecule has 0 spiro atoms. The summed E-state index contributed by atoms with van der Waals surface area (Å²) in [5, 5.41) is 12.5. The first kappa shape index (κ1) is 12.6. The predicted octanol–water partition coefficient (Wildman–Crippen LogP) is 2.72. The van der Waals surface area contributed by atoms with Crippen LogP contribution < -0.4 is 0 Å². The summed E-state index contributed by atoms with van der Waals surface area (Å²) < 4.78 is 7.92. The van der Waals surface area contributed by atoms with Crippen LogP contribution in [0.25, 0.3) is 0 Å². The molecule has 0 saturated carbocycles. The van der Waals surface area contributed by atoms with Crippen molar-refractivity contribution in [2.24, 2.45) is 0 Å². The molecule has 3 heterocycles. The SMILES string of the molecule is Clc1ccc(CSc2nnc(Cn3cncn3)o2)s1. The van der Waals surface area contributed by atoms with E-state index in [0.29, 0.717) is 17.7 Å². The number of aromatic nitrogens is 5. The summed E-state index contributed by atoms with van der Waals surface area (Å²) in [4.78, 5) is 5.02. The van der Waals surface area contributed by atoms with Crippen molar-refractivity contribution in [3.8, 4) is 0 Å². The van der Waals surface area contributed by atoms with E-state index >= 15 is 0 Å². The molecule has 0 amide bonds. The minimum atomic E-state index is 0.429. The van der Waals surface area contributed by atoms with Gasteiger partial charge in [-0.05, 0) is 12.1 Å². The van der Waals surface area contributed by atoms with E-state index in [1.165, 1.54) is 23.0 Å². The van der Waals surface area contributed by atoms with Gasteiger partial charge in [0.2, 0.25) is 5.89 Å². The lowest BCUT2D eigenvalue weighted by atomic mass is 10.5. The maximum absolute atomic E-state index is 5.87. The molecule has 6 nitrogen and oxygen atoms in total. The molecule has 0 N–H and O–H groups in total. The van der Waals surface area contributed by atoms with Gasteiger partial charge in [0.05, 0.1) is 4.34 Å². The van der Waals surface area contributed by atoms with E-state index in [9.17, 15) is 0 Å². The first-order chi connectivity index (χ1) is 9.29. The van der Waals surface area contributed by atoms with Gasteiger partial charge < -0.3 is 4.42 Å². The zero-order valence-electron chi connectivity index (χ0n) is 9.56. The van der Waals surface area contributed by atoms with Crippen LogP contribution in [0.5, 0.6) is 0 Å². The Morgan fingerprint density at radius 2 is 2.32 bits per heavy atom. The number of hydrogen-bond acceptors (Lipinski definition) is 7. The molecular formula is C10H8ClN5OS2. The lowest BCUT2D eigenvalue weighted by Gasteiger charge is -1.94. The van der Waals surface area contributed by atoms with Crippen LogP contribution in [-0.4, -0.2) is 25.0 Å². The normalized spacial score (nSPS) is 11.0. The minimum absolute atomic E-state index is 0.429. The number of thioether (sulfide) groups is 1. The van der Waals surface area contributed by atoms with Gasteiger partial charge in [-0.25, -0.2) is 9.67 Å². The Morgan fingerprint density at radius 1 is 1.37 bits per heavy atom. The van der Waals surface area contributed by atoms with E-state index in [-0.39, 0.29) is 0 Å². The van der Waals surface area contributed by atoms with Crippen LogP contribution in [0.3, 0.4) is 0 Å². The van der Waals surface area contributed by atoms with Crippen LogP contribution in [0.1, 0.15) is 10.8 Å². The molecule has 9 heteroatoms. The summed E-state index contributed by atoms with van der Waals surface area (Å²) in [6.45, 7) is 0.429. The Labute approximate surface area is 121 Å². The standard InChI is InChI=1S/C10H8ClN5OS2/c11-8-2-1-7(19-8)4-18-10-15-14-9(17-10)3-16-6-12-5-13-16/h1-2,5-6H,3-4H2. The minimum Gasteiger partial charge on any atom is -0.414 e. The third kappa shape index (κ3) is 3.34. The van der Waals surface area contributed by atoms with Crippen LogP contribution in [0.2, 0.25) is 4.34 Å². The van der Waals surface area contributed by atoms with E-state index in [1.54, 1.807) is 22.3 Å². The molecule has 0 aromatic carbocycles. The van der Waals surface area contributed by atoms with Gasteiger partial charge in [0.1, 0.15) is 19.2 Å². The molecule has 3 rings (SSSR count). The Hall–Kier alpha value is -1.38. The molecule has 0 bridgehead atoms. The molecule has 0 aliphatic rings. The summed E-state index contributed by atoms with van der Waals surface area (Å²) in [5.74, 6) is 1.28. The lowest BCUT2D eigenvalue weighted by molar-refractivity contribution is 0.397. The highest BCUT2D eigenvalue weighted by Gasteiger charge is 2.08. The van der Waals surface area contributed by atoms with Crippen molar-refractivity contribution in [2.45, 2.75) is 17.5 Å². The first-order valence-corrected chi connectivity index (χ1v) is 7.49. The fraction of sp³-hybridized carbons (Fsp3) is 0.200. The van der Waals surface area contributed by atoms with Crippen molar-refractivity contribution in [3.05, 3.63) is 39.9 Å². The number of nitrogens with zero attached hydrogens (tertiary/aromatic N) is 5. The number of rotatable bonds is 5. The molecule has 0 atom stereocenters. The third-order valence-electron chi connectivity index (χ3n) is 2.18. The molecule has 0 aliphatic carbocycles. The third-order valence-corrected chi connectivity index (χ3v) is 4.46. The Kier molecular flexibility index (Phi) is 3.81. The van der Waals surface area contributed by atoms with Crippen LogP contribution in [0.4, 0.5) is 0 Å². The van der Waals surface area contributed by atoms with Gasteiger partial charge in [-0.1, -0.05) is 23.4 Å². The summed E-state index contributed by atoms with van der Waals surface area (Å²) in [7, 11) is 0. The van der Waals surface area contributed by atoms with E-state index in [2.05, 4.69) is 20.3 Å². The average Bonchev–Trinajstić information content (AvgIpc) is 3.10. The van der Waals surface area contributed by atoms with Gasteiger partial charge in [0.15, 0.2) is 0 Å². The Bertz CT molecular complexity index is 650. The molecule has 0 saturated heterocycles. The monoisotopic (exact) mass is 313 g/mol. The smallest absolute Gasteiger partial charge is 0.277 e. The zero-order valence-corrected chi connectivity index (χ0v) is 12.0. The molecule has 0 radical (unpaired) electrons. The topological polar surface area (TPSA) is 69.6 Å². The van der Waals surface area contributed by atoms with Crippen molar-refractivity contribution in [3.63, 3.8) is 0 Å². The van der Waals surface area contributed by atoms with Gasteiger partial charge >= 0.3 is 0 Å². The molecule has 0 fully saturated rings. The molecule has 3 aromatic heterocycles. The van der Waals surface area contributed by atoms with Crippen LogP contribution in [0, 0.1) is 0 Å². The van der Waals surface area contributed by atoms with Gasteiger partial charge in [0.25, 0.3) is 5.22 Å². The van der Waals surface area contributed by atoms with Crippen LogP contribution >= 0.6 is 34.7 Å². The maximum Gasteiger partial charge on any atom is 0.277 e. The Balaban J connectivity index is 1.59. The van der Waals surface area contributed by atoms with E-state index in [0.717, 1.165) is 10.1 Å². The molecule has 98 valence electrons. The van der Waals surface area contributed by atoms with Crippen molar-refractivity contribution in [1.29, 1.82) is 0 Å². The van der Waals surface area contributed by atoms with Crippen molar-refractivity contribution < 1.29 is 4.42 Å². The second-order valence-electron chi connectivity index (χ2n) is 3.55. The van der Waals surface area contributed by atoms with Crippen LogP contribution in [0.15, 0.2) is 34.4 Å². The van der Waals surface area contributed by atoms with Crippen molar-refractivity contribution >= 4 is 34.7 Å². The van der Waals surface area contributed by atoms with Gasteiger partial charge in [-0.15, -0.1) is 21.5 Å². The predicted molar refractivity (Wildman–Crippen MR) is 72.3 cm³/mol. The molecule has 3 aromatic rings. The highest BCUT2D eigenvalue weighted by atomic mass is 35.5. The van der Waals surface area contributed by atoms with Gasteiger partial charge in [-0.3, -0.25) is 0 Å². The lowest BCUT2D eigenvalue weighted by Crippen LogP contribution is -1.99. The summed E-state index contributed by atoms with van der Waals surface area (Å²) in [6, 6.07) is 3.87. The number of halogens is 1. The maximum atomic E-state index is 5.87. The summed E-state index contributed by atoms with van der Waals surface area (Å²) in [6.07, 6.45) is 3.07.